The number of nitrogens with one attached hydrogen (secondary N) is 2. The van der Waals surface area contributed by atoms with Crippen LogP contribution < -0.4 is 10.6 Å². The van der Waals surface area contributed by atoms with Crippen LogP contribution >= 0.6 is 35.5 Å². The topological polar surface area (TPSA) is 41.1 Å². The van der Waals surface area contributed by atoms with E-state index in [0.717, 1.165) is 35.6 Å². The van der Waals surface area contributed by atoms with Gasteiger partial charge in [0.1, 0.15) is 0 Å². The highest BCUT2D eigenvalue weighted by atomic mass is 35.5. The first kappa shape index (κ1) is 19.3. The third-order valence-corrected chi connectivity index (χ3v) is 6.22. The van der Waals surface area contributed by atoms with Gasteiger partial charge in [0.25, 0.3) is 5.91 Å². The summed E-state index contributed by atoms with van der Waals surface area (Å²) in [5, 5.41) is 8.72. The molecule has 0 spiro atoms. The van der Waals surface area contributed by atoms with Crippen LogP contribution in [0.3, 0.4) is 0 Å². The van der Waals surface area contributed by atoms with E-state index in [2.05, 4.69) is 35.1 Å². The number of hydrogen-bond acceptors (Lipinski definition) is 4. The minimum Gasteiger partial charge on any atom is -0.349 e. The number of thiophene rings is 1. The number of amides is 1. The largest absolute Gasteiger partial charge is 0.349 e. The molecule has 1 aliphatic rings. The summed E-state index contributed by atoms with van der Waals surface area (Å²) < 4.78 is 0. The third-order valence-electron chi connectivity index (χ3n) is 4.04. The van der Waals surface area contributed by atoms with Gasteiger partial charge in [-0.1, -0.05) is 18.2 Å². The molecule has 24 heavy (non-hydrogen) atoms. The smallest absolute Gasteiger partial charge is 0.252 e. The maximum atomic E-state index is 12.7. The number of halogens is 1. The number of piperidine rings is 1. The van der Waals surface area contributed by atoms with Gasteiger partial charge < -0.3 is 10.6 Å². The summed E-state index contributed by atoms with van der Waals surface area (Å²) in [6.45, 7) is 3.14. The SMILES string of the molecule is CC1CC(NC(=O)c2ccccc2SCc2cccs2)CCN1.Cl. The van der Waals surface area contributed by atoms with Gasteiger partial charge >= 0.3 is 0 Å². The van der Waals surface area contributed by atoms with Gasteiger partial charge in [0.15, 0.2) is 0 Å². The molecule has 1 aromatic heterocycles. The van der Waals surface area contributed by atoms with Crippen LogP contribution in [0, 0.1) is 0 Å². The minimum absolute atomic E-state index is 0. The van der Waals surface area contributed by atoms with Gasteiger partial charge in [-0.15, -0.1) is 35.5 Å². The van der Waals surface area contributed by atoms with Crippen molar-refractivity contribution in [2.45, 2.75) is 42.5 Å². The predicted octanol–water partition coefficient (Wildman–Crippen LogP) is 4.33. The molecule has 6 heteroatoms. The van der Waals surface area contributed by atoms with Crippen molar-refractivity contribution >= 4 is 41.4 Å². The zero-order chi connectivity index (χ0) is 16.1. The van der Waals surface area contributed by atoms with Crippen LogP contribution in [-0.4, -0.2) is 24.5 Å². The van der Waals surface area contributed by atoms with Crippen LogP contribution in [0.25, 0.3) is 0 Å². The Balaban J connectivity index is 0.00000208. The van der Waals surface area contributed by atoms with Gasteiger partial charge in [-0.2, -0.15) is 0 Å². The summed E-state index contributed by atoms with van der Waals surface area (Å²) >= 11 is 3.49. The number of hydrogen-bond donors (Lipinski definition) is 2. The van der Waals surface area contributed by atoms with Gasteiger partial charge in [-0.05, 0) is 49.9 Å². The van der Waals surface area contributed by atoms with Crippen LogP contribution in [0.5, 0.6) is 0 Å². The Morgan fingerprint density at radius 3 is 2.92 bits per heavy atom. The summed E-state index contributed by atoms with van der Waals surface area (Å²) in [6, 6.07) is 12.9. The Kier molecular flexibility index (Phi) is 7.62. The zero-order valence-corrected chi connectivity index (χ0v) is 16.1. The quantitative estimate of drug-likeness (QED) is 0.756. The number of carbonyl (C=O) groups excluding carboxylic acids is 1. The van der Waals surface area contributed by atoms with Gasteiger partial charge in [0.05, 0.1) is 5.56 Å². The number of thioether (sulfide) groups is 1. The van der Waals surface area contributed by atoms with Crippen LogP contribution in [0.15, 0.2) is 46.7 Å². The second kappa shape index (κ2) is 9.47. The molecular formula is C18H23ClN2OS2. The molecule has 2 heterocycles. The van der Waals surface area contributed by atoms with Crippen LogP contribution in [0.2, 0.25) is 0 Å². The van der Waals surface area contributed by atoms with Crippen molar-refractivity contribution in [1.29, 1.82) is 0 Å². The van der Waals surface area contributed by atoms with E-state index in [9.17, 15) is 4.79 Å². The molecule has 0 aliphatic carbocycles. The Labute approximate surface area is 158 Å². The van der Waals surface area contributed by atoms with E-state index in [1.165, 1.54) is 4.88 Å². The van der Waals surface area contributed by atoms with E-state index in [1.54, 1.807) is 23.1 Å². The minimum atomic E-state index is 0. The van der Waals surface area contributed by atoms with Crippen molar-refractivity contribution < 1.29 is 4.79 Å². The zero-order valence-electron chi connectivity index (χ0n) is 13.7. The second-order valence-electron chi connectivity index (χ2n) is 5.91. The molecule has 3 nitrogen and oxygen atoms in total. The molecule has 130 valence electrons. The van der Waals surface area contributed by atoms with Crippen molar-refractivity contribution in [2.75, 3.05) is 6.54 Å². The van der Waals surface area contributed by atoms with E-state index < -0.39 is 0 Å². The summed E-state index contributed by atoms with van der Waals surface area (Å²) in [4.78, 5) is 15.0. The molecule has 2 unspecified atom stereocenters. The summed E-state index contributed by atoms with van der Waals surface area (Å²) in [5.41, 5.74) is 0.792. The monoisotopic (exact) mass is 382 g/mol. The molecule has 2 atom stereocenters. The summed E-state index contributed by atoms with van der Waals surface area (Å²) in [5.74, 6) is 0.963. The third kappa shape index (κ3) is 5.24. The maximum absolute atomic E-state index is 12.7. The van der Waals surface area contributed by atoms with Crippen LogP contribution in [0.4, 0.5) is 0 Å². The fourth-order valence-corrected chi connectivity index (χ4v) is 4.67. The van der Waals surface area contributed by atoms with Gasteiger partial charge in [-0.25, -0.2) is 0 Å². The fourth-order valence-electron chi connectivity index (χ4n) is 2.85. The fraction of sp³-hybridized carbons (Fsp3) is 0.389. The van der Waals surface area contributed by atoms with Crippen molar-refractivity contribution in [3.05, 3.63) is 52.2 Å². The lowest BCUT2D eigenvalue weighted by Gasteiger charge is -2.28. The van der Waals surface area contributed by atoms with Gasteiger partial charge in [-0.3, -0.25) is 4.79 Å². The molecule has 1 fully saturated rings. The van der Waals surface area contributed by atoms with Crippen LogP contribution in [-0.2, 0) is 5.75 Å². The van der Waals surface area contributed by atoms with Crippen molar-refractivity contribution in [1.82, 2.24) is 10.6 Å². The lowest BCUT2D eigenvalue weighted by Crippen LogP contribution is -2.46. The molecule has 0 radical (unpaired) electrons. The Hall–Kier alpha value is -1.01. The van der Waals surface area contributed by atoms with Crippen molar-refractivity contribution in [2.24, 2.45) is 0 Å². The molecular weight excluding hydrogens is 360 g/mol. The first-order valence-electron chi connectivity index (χ1n) is 8.01. The predicted molar refractivity (Wildman–Crippen MR) is 106 cm³/mol. The highest BCUT2D eigenvalue weighted by Crippen LogP contribution is 2.28. The molecule has 2 N–H and O–H groups in total. The summed E-state index contributed by atoms with van der Waals surface area (Å²) in [7, 11) is 0. The lowest BCUT2D eigenvalue weighted by atomic mass is 10.0. The van der Waals surface area contributed by atoms with E-state index >= 15 is 0 Å². The molecule has 2 aromatic rings. The van der Waals surface area contributed by atoms with Crippen molar-refractivity contribution in [3.8, 4) is 0 Å². The number of benzene rings is 1. The van der Waals surface area contributed by atoms with Gasteiger partial charge in [0.2, 0.25) is 0 Å². The maximum Gasteiger partial charge on any atom is 0.252 e. The molecule has 0 bridgehead atoms. The highest BCUT2D eigenvalue weighted by Gasteiger charge is 2.21. The van der Waals surface area contributed by atoms with E-state index in [0.29, 0.717) is 6.04 Å². The van der Waals surface area contributed by atoms with E-state index in [4.69, 9.17) is 0 Å². The average molecular weight is 383 g/mol. The first-order chi connectivity index (χ1) is 11.2. The van der Waals surface area contributed by atoms with Crippen LogP contribution in [0.1, 0.15) is 35.0 Å². The van der Waals surface area contributed by atoms with E-state index in [1.807, 2.05) is 24.3 Å². The Morgan fingerprint density at radius 1 is 1.33 bits per heavy atom. The van der Waals surface area contributed by atoms with Crippen molar-refractivity contribution in [3.63, 3.8) is 0 Å². The average Bonchev–Trinajstić information content (AvgIpc) is 3.06. The molecule has 1 amide bonds. The lowest BCUT2D eigenvalue weighted by molar-refractivity contribution is 0.0922. The summed E-state index contributed by atoms with van der Waals surface area (Å²) in [6.07, 6.45) is 2.00. The highest BCUT2D eigenvalue weighted by molar-refractivity contribution is 7.98. The standard InChI is InChI=1S/C18H22N2OS2.ClH/c1-13-11-14(8-9-19-13)20-18(21)16-6-2-3-7-17(16)23-12-15-5-4-10-22-15;/h2-7,10,13-14,19H,8-9,11-12H2,1H3,(H,20,21);1H. The molecule has 3 rings (SSSR count). The number of carbonyl (C=O) groups is 1. The molecule has 1 aliphatic heterocycles. The molecule has 0 saturated carbocycles. The van der Waals surface area contributed by atoms with Gasteiger partial charge in [0, 0.05) is 27.6 Å². The normalized spacial score (nSPS) is 20.2. The second-order valence-corrected chi connectivity index (χ2v) is 7.96. The molecule has 1 saturated heterocycles. The molecule has 1 aromatic carbocycles. The first-order valence-corrected chi connectivity index (χ1v) is 9.87. The van der Waals surface area contributed by atoms with E-state index in [-0.39, 0.29) is 24.4 Å². The Morgan fingerprint density at radius 2 is 2.17 bits per heavy atom. The Bertz CT molecular complexity index is 648. The number of rotatable bonds is 5.